The molecular formula is C14H14Br2Si. The van der Waals surface area contributed by atoms with Crippen LogP contribution in [0.1, 0.15) is 0 Å². The minimum atomic E-state index is -1.75. The van der Waals surface area contributed by atoms with Crippen LogP contribution in [-0.4, -0.2) is 11.4 Å². The minimum Gasteiger partial charge on any atom is -0.0793 e. The van der Waals surface area contributed by atoms with Crippen molar-refractivity contribution in [2.45, 2.75) is 9.91 Å². The van der Waals surface area contributed by atoms with Crippen molar-refractivity contribution in [3.63, 3.8) is 0 Å². The number of hydrogen-bond donors (Lipinski definition) is 0. The maximum Gasteiger partial charge on any atom is 0.140 e. The molecule has 0 amide bonds. The summed E-state index contributed by atoms with van der Waals surface area (Å²) in [6, 6.07) is 21.5. The van der Waals surface area contributed by atoms with E-state index in [4.69, 9.17) is 0 Å². The molecule has 2 aromatic carbocycles. The van der Waals surface area contributed by atoms with Gasteiger partial charge in [-0.25, -0.2) is 0 Å². The first-order chi connectivity index (χ1) is 8.15. The number of halogens is 2. The van der Waals surface area contributed by atoms with E-state index in [1.165, 1.54) is 10.4 Å². The molecule has 0 aliphatic carbocycles. The molecule has 0 saturated carbocycles. The standard InChI is InChI=1S/C14H14Br2Si/c1-17(14(15)16,12-8-4-2-5-9-12)13-10-6-3-7-11-13/h2-11,14H,1H3. The van der Waals surface area contributed by atoms with Crippen LogP contribution in [0.4, 0.5) is 0 Å². The summed E-state index contributed by atoms with van der Waals surface area (Å²) >= 11 is 7.50. The Hall–Kier alpha value is -0.383. The Morgan fingerprint density at radius 1 is 0.765 bits per heavy atom. The van der Waals surface area contributed by atoms with Gasteiger partial charge in [0, 0.05) is 0 Å². The fraction of sp³-hybridized carbons (Fsp3) is 0.143. The van der Waals surface area contributed by atoms with Crippen molar-refractivity contribution in [2.75, 3.05) is 0 Å². The first-order valence-electron chi connectivity index (χ1n) is 5.55. The summed E-state index contributed by atoms with van der Waals surface area (Å²) in [5, 5.41) is 2.87. The molecule has 0 aliphatic rings. The predicted octanol–water partition coefficient (Wildman–Crippen LogP) is 3.53. The average molecular weight is 370 g/mol. The average Bonchev–Trinajstić information content (AvgIpc) is 2.39. The van der Waals surface area contributed by atoms with Gasteiger partial charge in [-0.15, -0.1) is 0 Å². The summed E-state index contributed by atoms with van der Waals surface area (Å²) in [6.07, 6.45) is 0. The highest BCUT2D eigenvalue weighted by Gasteiger charge is 2.37. The number of benzene rings is 2. The van der Waals surface area contributed by atoms with Crippen LogP contribution in [0.2, 0.25) is 6.55 Å². The van der Waals surface area contributed by atoms with Crippen LogP contribution >= 0.6 is 31.9 Å². The van der Waals surface area contributed by atoms with E-state index >= 15 is 0 Å². The number of alkyl halides is 2. The Balaban J connectivity index is 2.55. The Bertz CT molecular complexity index is 429. The van der Waals surface area contributed by atoms with Gasteiger partial charge in [0.1, 0.15) is 8.07 Å². The third-order valence-electron chi connectivity index (χ3n) is 3.18. The summed E-state index contributed by atoms with van der Waals surface area (Å²) in [5.74, 6) is 0. The van der Waals surface area contributed by atoms with Gasteiger partial charge < -0.3 is 0 Å². The third kappa shape index (κ3) is 2.56. The van der Waals surface area contributed by atoms with E-state index in [0.717, 1.165) is 0 Å². The van der Waals surface area contributed by atoms with Crippen molar-refractivity contribution in [3.8, 4) is 0 Å². The molecular weight excluding hydrogens is 356 g/mol. The molecule has 0 bridgehead atoms. The van der Waals surface area contributed by atoms with E-state index in [-0.39, 0.29) is 0 Å². The second kappa shape index (κ2) is 5.51. The van der Waals surface area contributed by atoms with Gasteiger partial charge in [-0.3, -0.25) is 0 Å². The molecule has 88 valence electrons. The maximum atomic E-state index is 3.75. The zero-order valence-electron chi connectivity index (χ0n) is 9.61. The van der Waals surface area contributed by atoms with Crippen LogP contribution < -0.4 is 10.4 Å². The van der Waals surface area contributed by atoms with Crippen LogP contribution in [0.3, 0.4) is 0 Å². The van der Waals surface area contributed by atoms with Crippen molar-refractivity contribution in [1.29, 1.82) is 0 Å². The van der Waals surface area contributed by atoms with Gasteiger partial charge in [-0.1, -0.05) is 109 Å². The lowest BCUT2D eigenvalue weighted by Gasteiger charge is -2.30. The van der Waals surface area contributed by atoms with Crippen molar-refractivity contribution in [1.82, 2.24) is 0 Å². The van der Waals surface area contributed by atoms with E-state index in [1.54, 1.807) is 0 Å². The molecule has 0 nitrogen and oxygen atoms in total. The second-order valence-electron chi connectivity index (χ2n) is 4.24. The van der Waals surface area contributed by atoms with E-state index in [2.05, 4.69) is 99.1 Å². The van der Waals surface area contributed by atoms with E-state index in [1.807, 2.05) is 0 Å². The van der Waals surface area contributed by atoms with Crippen LogP contribution in [0.25, 0.3) is 0 Å². The molecule has 0 saturated heterocycles. The predicted molar refractivity (Wildman–Crippen MR) is 85.4 cm³/mol. The van der Waals surface area contributed by atoms with Gasteiger partial charge in [0.25, 0.3) is 0 Å². The summed E-state index contributed by atoms with van der Waals surface area (Å²) < 4.78 is 0.326. The quantitative estimate of drug-likeness (QED) is 0.573. The van der Waals surface area contributed by atoms with Crippen molar-refractivity contribution >= 4 is 50.3 Å². The number of hydrogen-bond acceptors (Lipinski definition) is 0. The first kappa shape index (κ1) is 13.1. The van der Waals surface area contributed by atoms with Gasteiger partial charge in [-0.2, -0.15) is 0 Å². The summed E-state index contributed by atoms with van der Waals surface area (Å²) in [5.41, 5.74) is 0. The molecule has 0 radical (unpaired) electrons. The fourth-order valence-corrected chi connectivity index (χ4v) is 7.77. The van der Waals surface area contributed by atoms with Crippen LogP contribution in [0, 0.1) is 0 Å². The lowest BCUT2D eigenvalue weighted by Crippen LogP contribution is -2.60. The van der Waals surface area contributed by atoms with Gasteiger partial charge >= 0.3 is 0 Å². The van der Waals surface area contributed by atoms with Crippen molar-refractivity contribution < 1.29 is 0 Å². The van der Waals surface area contributed by atoms with Gasteiger partial charge in [0.05, 0.1) is 3.36 Å². The minimum absolute atomic E-state index is 0.326. The first-order valence-corrected chi connectivity index (χ1v) is 9.96. The smallest absolute Gasteiger partial charge is 0.0793 e. The Labute approximate surface area is 120 Å². The van der Waals surface area contributed by atoms with E-state index < -0.39 is 8.07 Å². The molecule has 17 heavy (non-hydrogen) atoms. The van der Waals surface area contributed by atoms with Gasteiger partial charge in [-0.05, 0) is 0 Å². The summed E-state index contributed by atoms with van der Waals surface area (Å²) in [4.78, 5) is 0. The maximum absolute atomic E-state index is 3.75. The highest BCUT2D eigenvalue weighted by molar-refractivity contribution is 9.25. The molecule has 0 N–H and O–H groups in total. The Morgan fingerprint density at radius 2 is 1.12 bits per heavy atom. The molecule has 2 rings (SSSR count). The highest BCUT2D eigenvalue weighted by Crippen LogP contribution is 2.22. The SMILES string of the molecule is C[Si](c1ccccc1)(c1ccccc1)C(Br)Br. The van der Waals surface area contributed by atoms with Crippen LogP contribution in [0.5, 0.6) is 0 Å². The number of rotatable bonds is 3. The molecule has 0 aliphatic heterocycles. The molecule has 0 atom stereocenters. The zero-order valence-corrected chi connectivity index (χ0v) is 13.8. The van der Waals surface area contributed by atoms with Crippen molar-refractivity contribution in [2.24, 2.45) is 0 Å². The molecule has 0 unspecified atom stereocenters. The highest BCUT2D eigenvalue weighted by atomic mass is 79.9. The summed E-state index contributed by atoms with van der Waals surface area (Å²) in [7, 11) is -1.75. The zero-order chi connectivity index (χ0) is 12.3. The second-order valence-corrected chi connectivity index (χ2v) is 13.1. The molecule has 3 heteroatoms. The van der Waals surface area contributed by atoms with E-state index in [0.29, 0.717) is 3.36 Å². The van der Waals surface area contributed by atoms with Gasteiger partial charge in [0.15, 0.2) is 0 Å². The molecule has 0 fully saturated rings. The molecule has 2 aromatic rings. The monoisotopic (exact) mass is 368 g/mol. The largest absolute Gasteiger partial charge is 0.140 e. The van der Waals surface area contributed by atoms with Gasteiger partial charge in [0.2, 0.25) is 0 Å². The lowest BCUT2D eigenvalue weighted by atomic mass is 10.4. The Kier molecular flexibility index (Phi) is 4.23. The third-order valence-corrected chi connectivity index (χ3v) is 12.6. The molecule has 0 spiro atoms. The van der Waals surface area contributed by atoms with Crippen LogP contribution in [0.15, 0.2) is 60.7 Å². The van der Waals surface area contributed by atoms with Crippen molar-refractivity contribution in [3.05, 3.63) is 60.7 Å². The lowest BCUT2D eigenvalue weighted by molar-refractivity contribution is 1.65. The molecule has 0 aromatic heterocycles. The summed E-state index contributed by atoms with van der Waals surface area (Å²) in [6.45, 7) is 2.38. The Morgan fingerprint density at radius 3 is 1.41 bits per heavy atom. The molecule has 0 heterocycles. The van der Waals surface area contributed by atoms with E-state index in [9.17, 15) is 0 Å². The van der Waals surface area contributed by atoms with Crippen LogP contribution in [-0.2, 0) is 0 Å². The fourth-order valence-electron chi connectivity index (χ4n) is 1.99. The normalized spacial score (nSPS) is 11.8. The topological polar surface area (TPSA) is 0 Å².